The molecule has 7 heteroatoms. The number of aryl methyl sites for hydroxylation is 1. The molecule has 0 atom stereocenters. The van der Waals surface area contributed by atoms with Gasteiger partial charge in [-0.3, -0.25) is 4.79 Å². The highest BCUT2D eigenvalue weighted by molar-refractivity contribution is 7.17. The number of methoxy groups -OCH3 is 1. The number of anilines is 1. The summed E-state index contributed by atoms with van der Waals surface area (Å²) in [7, 11) is 1.40. The van der Waals surface area contributed by atoms with Crippen LogP contribution in [-0.4, -0.2) is 58.3 Å². The third kappa shape index (κ3) is 4.22. The minimum absolute atomic E-state index is 0.00121. The van der Waals surface area contributed by atoms with E-state index in [1.54, 1.807) is 16.2 Å². The van der Waals surface area contributed by atoms with Crippen LogP contribution in [0.2, 0.25) is 0 Å². The highest BCUT2D eigenvalue weighted by Crippen LogP contribution is 2.38. The second-order valence-electron chi connectivity index (χ2n) is 6.99. The van der Waals surface area contributed by atoms with Crippen molar-refractivity contribution in [1.29, 1.82) is 0 Å². The van der Waals surface area contributed by atoms with Crippen molar-refractivity contribution in [2.75, 3.05) is 51.7 Å². The zero-order chi connectivity index (χ0) is 17.8. The Kier molecular flexibility index (Phi) is 6.09. The Bertz CT molecular complexity index is 636. The summed E-state index contributed by atoms with van der Waals surface area (Å²) in [6.45, 7) is 8.14. The lowest BCUT2D eigenvalue weighted by molar-refractivity contribution is -1.01. The van der Waals surface area contributed by atoms with Crippen molar-refractivity contribution < 1.29 is 24.1 Å². The number of fused-ring (bicyclic) bond motifs is 1. The third-order valence-electron chi connectivity index (χ3n) is 5.39. The predicted octanol–water partition coefficient (Wildman–Crippen LogP) is -0.845. The second kappa shape index (κ2) is 8.29. The minimum atomic E-state index is -0.331. The molecule has 6 nitrogen and oxygen atoms in total. The number of quaternary nitrogens is 2. The molecular weight excluding hydrogens is 338 g/mol. The van der Waals surface area contributed by atoms with Gasteiger partial charge in [0.1, 0.15) is 31.2 Å². The lowest BCUT2D eigenvalue weighted by atomic mass is 9.95. The summed E-state index contributed by atoms with van der Waals surface area (Å²) in [6, 6.07) is 0. The van der Waals surface area contributed by atoms with Crippen molar-refractivity contribution in [1.82, 2.24) is 0 Å². The van der Waals surface area contributed by atoms with Crippen LogP contribution in [0, 0.1) is 0 Å². The highest BCUT2D eigenvalue weighted by Gasteiger charge is 2.28. The van der Waals surface area contributed by atoms with Crippen LogP contribution in [0.25, 0.3) is 0 Å². The molecule has 3 N–H and O–H groups in total. The monoisotopic (exact) mass is 367 g/mol. The average Bonchev–Trinajstić information content (AvgIpc) is 2.99. The molecule has 1 saturated heterocycles. The largest absolute Gasteiger partial charge is 0.465 e. The summed E-state index contributed by atoms with van der Waals surface area (Å²) in [5.41, 5.74) is 1.68. The fourth-order valence-corrected chi connectivity index (χ4v) is 5.15. The number of carbonyl (C=O) groups excluding carboxylic acids is 2. The number of likely N-dealkylation sites (N-methyl/N-ethyl adjacent to an activating group) is 1. The van der Waals surface area contributed by atoms with Gasteiger partial charge in [0.05, 0.1) is 19.2 Å². The number of amides is 1. The molecule has 1 aromatic heterocycles. The molecular formula is C18H29N3O3S+2. The minimum Gasteiger partial charge on any atom is -0.465 e. The highest BCUT2D eigenvalue weighted by atomic mass is 32.1. The van der Waals surface area contributed by atoms with Gasteiger partial charge in [-0.15, -0.1) is 11.3 Å². The number of hydrogen-bond donors (Lipinski definition) is 3. The quantitative estimate of drug-likeness (QED) is 0.595. The first kappa shape index (κ1) is 18.4. The molecule has 138 valence electrons. The van der Waals surface area contributed by atoms with E-state index in [0.29, 0.717) is 17.1 Å². The molecule has 2 aliphatic rings. The number of piperazine rings is 1. The van der Waals surface area contributed by atoms with Gasteiger partial charge in [-0.25, -0.2) is 4.79 Å². The lowest BCUT2D eigenvalue weighted by Gasteiger charge is -2.28. The Morgan fingerprint density at radius 3 is 2.48 bits per heavy atom. The molecule has 0 bridgehead atoms. The van der Waals surface area contributed by atoms with Crippen molar-refractivity contribution >= 4 is 28.2 Å². The van der Waals surface area contributed by atoms with Crippen LogP contribution < -0.4 is 15.1 Å². The van der Waals surface area contributed by atoms with E-state index in [9.17, 15) is 9.59 Å². The Balaban J connectivity index is 1.67. The number of esters is 1. The molecule has 0 aromatic carbocycles. The Morgan fingerprint density at radius 2 is 1.80 bits per heavy atom. The van der Waals surface area contributed by atoms with Crippen LogP contribution in [0.1, 0.15) is 40.6 Å². The number of rotatable bonds is 5. The first-order chi connectivity index (χ1) is 12.1. The van der Waals surface area contributed by atoms with Crippen LogP contribution in [0.4, 0.5) is 5.00 Å². The molecule has 0 unspecified atom stereocenters. The molecule has 1 fully saturated rings. The van der Waals surface area contributed by atoms with Gasteiger partial charge in [-0.2, -0.15) is 0 Å². The first-order valence-corrected chi connectivity index (χ1v) is 10.1. The summed E-state index contributed by atoms with van der Waals surface area (Å²) in [5.74, 6) is -0.332. The van der Waals surface area contributed by atoms with Crippen molar-refractivity contribution in [3.05, 3.63) is 16.0 Å². The third-order valence-corrected chi connectivity index (χ3v) is 6.60. The smallest absolute Gasteiger partial charge is 0.341 e. The fraction of sp³-hybridized carbons (Fsp3) is 0.667. The fourth-order valence-electron chi connectivity index (χ4n) is 3.86. The summed E-state index contributed by atoms with van der Waals surface area (Å²) >= 11 is 1.55. The Morgan fingerprint density at radius 1 is 1.12 bits per heavy atom. The molecule has 1 amide bonds. The maximum atomic E-state index is 12.5. The molecule has 2 heterocycles. The number of hydrogen-bond acceptors (Lipinski definition) is 4. The summed E-state index contributed by atoms with van der Waals surface area (Å²) in [6.07, 6.45) is 4.14. The van der Waals surface area contributed by atoms with E-state index in [4.69, 9.17) is 4.74 Å². The molecule has 0 radical (unpaired) electrons. The topological polar surface area (TPSA) is 64.3 Å². The molecule has 1 aliphatic carbocycles. The summed E-state index contributed by atoms with van der Waals surface area (Å²) in [5, 5.41) is 3.69. The van der Waals surface area contributed by atoms with Gasteiger partial charge in [-0.1, -0.05) is 0 Å². The molecule has 3 rings (SSSR count). The molecule has 25 heavy (non-hydrogen) atoms. The van der Waals surface area contributed by atoms with Crippen molar-refractivity contribution in [2.45, 2.75) is 32.6 Å². The van der Waals surface area contributed by atoms with Crippen LogP contribution in [0.5, 0.6) is 0 Å². The van der Waals surface area contributed by atoms with Crippen LogP contribution >= 0.6 is 11.3 Å². The van der Waals surface area contributed by atoms with E-state index in [2.05, 4.69) is 12.2 Å². The second-order valence-corrected chi connectivity index (χ2v) is 8.09. The van der Waals surface area contributed by atoms with E-state index in [1.165, 1.54) is 16.9 Å². The SMILES string of the molecule is CC[NH+]1CC[NH+](CC(=O)Nc2sc3c(c2C(=O)OC)CCCC3)CC1. The van der Waals surface area contributed by atoms with Gasteiger partial charge in [0.2, 0.25) is 0 Å². The van der Waals surface area contributed by atoms with E-state index in [0.717, 1.165) is 64.0 Å². The first-order valence-electron chi connectivity index (χ1n) is 9.32. The zero-order valence-electron chi connectivity index (χ0n) is 15.2. The average molecular weight is 368 g/mol. The van der Waals surface area contributed by atoms with Gasteiger partial charge in [0.25, 0.3) is 5.91 Å². The van der Waals surface area contributed by atoms with Gasteiger partial charge in [0, 0.05) is 4.88 Å². The maximum absolute atomic E-state index is 12.5. The van der Waals surface area contributed by atoms with Crippen molar-refractivity contribution in [2.24, 2.45) is 0 Å². The summed E-state index contributed by atoms with van der Waals surface area (Å²) in [4.78, 5) is 28.9. The molecule has 1 aliphatic heterocycles. The van der Waals surface area contributed by atoms with E-state index < -0.39 is 0 Å². The number of ether oxygens (including phenoxy) is 1. The van der Waals surface area contributed by atoms with Crippen molar-refractivity contribution in [3.63, 3.8) is 0 Å². The number of thiophene rings is 1. The van der Waals surface area contributed by atoms with Gasteiger partial charge in [0.15, 0.2) is 6.54 Å². The van der Waals surface area contributed by atoms with Gasteiger partial charge < -0.3 is 19.9 Å². The predicted molar refractivity (Wildman–Crippen MR) is 97.7 cm³/mol. The van der Waals surface area contributed by atoms with E-state index in [1.807, 2.05) is 0 Å². The standard InChI is InChI=1S/C18H27N3O3S/c1-3-20-8-10-21(11-9-20)12-15(22)19-17-16(18(23)24-2)13-6-4-5-7-14(13)25-17/h3-12H2,1-2H3,(H,19,22)/p+2. The van der Waals surface area contributed by atoms with Gasteiger partial charge in [-0.05, 0) is 38.2 Å². The normalized spacial score (nSPS) is 23.0. The number of nitrogens with one attached hydrogen (secondary N) is 3. The van der Waals surface area contributed by atoms with Crippen molar-refractivity contribution in [3.8, 4) is 0 Å². The summed E-state index contributed by atoms with van der Waals surface area (Å²) < 4.78 is 4.97. The lowest BCUT2D eigenvalue weighted by Crippen LogP contribution is -3.28. The molecule has 0 saturated carbocycles. The Hall–Kier alpha value is -1.44. The Labute approximate surface area is 153 Å². The van der Waals surface area contributed by atoms with E-state index in [-0.39, 0.29) is 11.9 Å². The van der Waals surface area contributed by atoms with E-state index >= 15 is 0 Å². The zero-order valence-corrected chi connectivity index (χ0v) is 16.0. The van der Waals surface area contributed by atoms with Crippen LogP contribution in [-0.2, 0) is 22.4 Å². The maximum Gasteiger partial charge on any atom is 0.341 e. The van der Waals surface area contributed by atoms with Crippen LogP contribution in [0.15, 0.2) is 0 Å². The van der Waals surface area contributed by atoms with Gasteiger partial charge >= 0.3 is 5.97 Å². The molecule has 0 spiro atoms. The number of carbonyl (C=O) groups is 2. The molecule has 1 aromatic rings. The van der Waals surface area contributed by atoms with Crippen LogP contribution in [0.3, 0.4) is 0 Å².